The second-order valence-corrected chi connectivity index (χ2v) is 9.42. The predicted octanol–water partition coefficient (Wildman–Crippen LogP) is 7.66. The molecule has 3 rings (SSSR count). The molecule has 8 nitrogen and oxygen atoms in total. The lowest BCUT2D eigenvalue weighted by atomic mass is 10.1. The lowest BCUT2D eigenvalue weighted by Crippen LogP contribution is -2.13. The SMILES string of the molecule is CCCCCCCCOC(=O)Oc1ccc(OCC(C)CC)cc1-c1nccnc1OC(=O)c1ccccc1. The van der Waals surface area contributed by atoms with Crippen LogP contribution in [0, 0.1) is 5.92 Å². The maximum Gasteiger partial charge on any atom is 0.513 e. The number of carbonyl (C=O) groups excluding carboxylic acids is 2. The fourth-order valence-electron chi connectivity index (χ4n) is 3.69. The number of ether oxygens (including phenoxy) is 4. The molecule has 0 amide bonds. The van der Waals surface area contributed by atoms with Gasteiger partial charge in [0.15, 0.2) is 0 Å². The Morgan fingerprint density at radius 3 is 2.38 bits per heavy atom. The molecule has 1 heterocycles. The first-order valence-corrected chi connectivity index (χ1v) is 13.7. The van der Waals surface area contributed by atoms with Crippen LogP contribution in [0.1, 0.15) is 76.1 Å². The molecule has 1 aromatic heterocycles. The first-order valence-electron chi connectivity index (χ1n) is 13.7. The van der Waals surface area contributed by atoms with Crippen molar-refractivity contribution in [1.82, 2.24) is 9.97 Å². The molecule has 0 fully saturated rings. The van der Waals surface area contributed by atoms with E-state index in [0.29, 0.717) is 29.4 Å². The summed E-state index contributed by atoms with van der Waals surface area (Å²) in [6.45, 7) is 7.17. The lowest BCUT2D eigenvalue weighted by molar-refractivity contribution is 0.0727. The minimum Gasteiger partial charge on any atom is -0.493 e. The van der Waals surface area contributed by atoms with Crippen molar-refractivity contribution in [3.63, 3.8) is 0 Å². The second kappa shape index (κ2) is 16.1. The highest BCUT2D eigenvalue weighted by Crippen LogP contribution is 2.37. The molecule has 0 radical (unpaired) electrons. The van der Waals surface area contributed by atoms with Crippen molar-refractivity contribution in [3.05, 3.63) is 66.5 Å². The van der Waals surface area contributed by atoms with Gasteiger partial charge in [0.2, 0.25) is 5.88 Å². The molecule has 0 saturated carbocycles. The van der Waals surface area contributed by atoms with Crippen LogP contribution >= 0.6 is 0 Å². The van der Waals surface area contributed by atoms with Crippen molar-refractivity contribution in [2.45, 2.75) is 65.7 Å². The van der Waals surface area contributed by atoms with E-state index in [2.05, 4.69) is 30.7 Å². The van der Waals surface area contributed by atoms with Crippen molar-refractivity contribution in [2.75, 3.05) is 13.2 Å². The Morgan fingerprint density at radius 2 is 1.62 bits per heavy atom. The monoisotopic (exact) mass is 534 g/mol. The molecular formula is C31H38N2O6. The molecule has 0 N–H and O–H groups in total. The van der Waals surface area contributed by atoms with Gasteiger partial charge in [-0.25, -0.2) is 19.6 Å². The number of benzene rings is 2. The van der Waals surface area contributed by atoms with Crippen molar-refractivity contribution in [2.24, 2.45) is 5.92 Å². The Labute approximate surface area is 230 Å². The first kappa shape index (κ1) is 29.6. The fraction of sp³-hybridized carbons (Fsp3) is 0.419. The first-order chi connectivity index (χ1) is 19.0. The highest BCUT2D eigenvalue weighted by atomic mass is 16.7. The van der Waals surface area contributed by atoms with Crippen LogP contribution < -0.4 is 14.2 Å². The Hall–Kier alpha value is -3.94. The molecule has 0 aliphatic carbocycles. The largest absolute Gasteiger partial charge is 0.513 e. The zero-order valence-electron chi connectivity index (χ0n) is 23.1. The van der Waals surface area contributed by atoms with E-state index in [1.165, 1.54) is 31.7 Å². The summed E-state index contributed by atoms with van der Waals surface area (Å²) < 4.78 is 22.4. The zero-order chi connectivity index (χ0) is 27.9. The smallest absolute Gasteiger partial charge is 0.493 e. The number of esters is 1. The van der Waals surface area contributed by atoms with E-state index < -0.39 is 12.1 Å². The van der Waals surface area contributed by atoms with Crippen LogP contribution in [0.4, 0.5) is 4.79 Å². The normalized spacial score (nSPS) is 11.5. The summed E-state index contributed by atoms with van der Waals surface area (Å²) in [6, 6.07) is 13.6. The van der Waals surface area contributed by atoms with Gasteiger partial charge in [-0.2, -0.15) is 0 Å². The molecule has 0 aliphatic heterocycles. The third kappa shape index (κ3) is 9.71. The summed E-state index contributed by atoms with van der Waals surface area (Å²) in [7, 11) is 0. The molecule has 0 saturated heterocycles. The van der Waals surface area contributed by atoms with Gasteiger partial charge in [0.25, 0.3) is 0 Å². The molecule has 1 atom stereocenters. The van der Waals surface area contributed by atoms with Crippen molar-refractivity contribution in [1.29, 1.82) is 0 Å². The van der Waals surface area contributed by atoms with Crippen LogP contribution in [0.2, 0.25) is 0 Å². The Kier molecular flexibility index (Phi) is 12.2. The summed E-state index contributed by atoms with van der Waals surface area (Å²) in [4.78, 5) is 33.9. The Balaban J connectivity index is 1.80. The van der Waals surface area contributed by atoms with Gasteiger partial charge in [-0.1, -0.05) is 77.5 Å². The summed E-state index contributed by atoms with van der Waals surface area (Å²) in [6.07, 6.45) is 9.54. The molecule has 3 aromatic rings. The van der Waals surface area contributed by atoms with Gasteiger partial charge >= 0.3 is 12.1 Å². The number of carbonyl (C=O) groups is 2. The third-order valence-electron chi connectivity index (χ3n) is 6.21. The van der Waals surface area contributed by atoms with E-state index in [1.807, 2.05) is 6.07 Å². The van der Waals surface area contributed by atoms with E-state index in [-0.39, 0.29) is 23.9 Å². The average molecular weight is 535 g/mol. The highest BCUT2D eigenvalue weighted by molar-refractivity contribution is 5.91. The van der Waals surface area contributed by atoms with E-state index in [4.69, 9.17) is 18.9 Å². The maximum absolute atomic E-state index is 12.7. The highest BCUT2D eigenvalue weighted by Gasteiger charge is 2.21. The summed E-state index contributed by atoms with van der Waals surface area (Å²) >= 11 is 0. The van der Waals surface area contributed by atoms with Gasteiger partial charge < -0.3 is 18.9 Å². The fourth-order valence-corrected chi connectivity index (χ4v) is 3.69. The molecule has 39 heavy (non-hydrogen) atoms. The predicted molar refractivity (Wildman–Crippen MR) is 149 cm³/mol. The molecule has 208 valence electrons. The van der Waals surface area contributed by atoms with Crippen molar-refractivity contribution < 1.29 is 28.5 Å². The number of hydrogen-bond acceptors (Lipinski definition) is 8. The molecule has 1 unspecified atom stereocenters. The van der Waals surface area contributed by atoms with E-state index in [0.717, 1.165) is 25.7 Å². The Morgan fingerprint density at radius 1 is 0.872 bits per heavy atom. The summed E-state index contributed by atoms with van der Waals surface area (Å²) in [5.74, 6) is 0.513. The molecule has 0 spiro atoms. The summed E-state index contributed by atoms with van der Waals surface area (Å²) in [5.41, 5.74) is 0.987. The van der Waals surface area contributed by atoms with Crippen molar-refractivity contribution >= 4 is 12.1 Å². The number of rotatable bonds is 15. The lowest BCUT2D eigenvalue weighted by Gasteiger charge is -2.15. The van der Waals surface area contributed by atoms with E-state index in [9.17, 15) is 9.59 Å². The molecular weight excluding hydrogens is 496 g/mol. The summed E-state index contributed by atoms with van der Waals surface area (Å²) in [5, 5.41) is 0. The standard InChI is InChI=1S/C31H38N2O6/c1-4-6-7-8-9-13-20-36-31(35)38-27-17-16-25(37-22-23(3)5-2)21-26(27)28-29(33-19-18-32-28)39-30(34)24-14-11-10-12-15-24/h10-12,14-19,21,23H,4-9,13,20,22H2,1-3H3. The minimum absolute atomic E-state index is 0.0178. The molecule has 8 heteroatoms. The van der Waals surface area contributed by atoms with Crippen molar-refractivity contribution in [3.8, 4) is 28.6 Å². The number of hydrogen-bond donors (Lipinski definition) is 0. The van der Waals surface area contributed by atoms with Crippen LogP contribution in [0.3, 0.4) is 0 Å². The number of unbranched alkanes of at least 4 members (excludes halogenated alkanes) is 5. The zero-order valence-corrected chi connectivity index (χ0v) is 23.1. The second-order valence-electron chi connectivity index (χ2n) is 9.42. The number of aromatic nitrogens is 2. The molecule has 2 aromatic carbocycles. The van der Waals surface area contributed by atoms with Gasteiger partial charge in [-0.15, -0.1) is 0 Å². The molecule has 0 aliphatic rings. The topological polar surface area (TPSA) is 96.8 Å². The quantitative estimate of drug-likeness (QED) is 0.111. The van der Waals surface area contributed by atoms with E-state index in [1.54, 1.807) is 42.5 Å². The van der Waals surface area contributed by atoms with Gasteiger partial charge in [0, 0.05) is 12.4 Å². The van der Waals surface area contributed by atoms with Crippen LogP contribution in [0.25, 0.3) is 11.3 Å². The Bertz CT molecular complexity index is 1180. The van der Waals surface area contributed by atoms with Crippen LogP contribution in [0.5, 0.6) is 17.4 Å². The van der Waals surface area contributed by atoms with Gasteiger partial charge in [-0.3, -0.25) is 0 Å². The average Bonchev–Trinajstić information content (AvgIpc) is 2.96. The van der Waals surface area contributed by atoms with Gasteiger partial charge in [-0.05, 0) is 42.7 Å². The third-order valence-corrected chi connectivity index (χ3v) is 6.21. The van der Waals surface area contributed by atoms with Crippen LogP contribution in [0.15, 0.2) is 60.9 Å². The minimum atomic E-state index is -0.815. The molecule has 0 bridgehead atoms. The van der Waals surface area contributed by atoms with Crippen LogP contribution in [-0.4, -0.2) is 35.3 Å². The number of nitrogens with zero attached hydrogens (tertiary/aromatic N) is 2. The van der Waals surface area contributed by atoms with Crippen LogP contribution in [-0.2, 0) is 4.74 Å². The van der Waals surface area contributed by atoms with Gasteiger partial charge in [0.05, 0.1) is 24.3 Å². The van der Waals surface area contributed by atoms with Gasteiger partial charge in [0.1, 0.15) is 17.2 Å². The maximum atomic E-state index is 12.7. The van der Waals surface area contributed by atoms with E-state index >= 15 is 0 Å².